The Morgan fingerprint density at radius 3 is 2.33 bits per heavy atom. The number of aliphatic carboxylic acids is 1. The number of carboxylic acid groups (broad SMARTS) is 1. The summed E-state index contributed by atoms with van der Waals surface area (Å²) >= 11 is 0. The van der Waals surface area contributed by atoms with E-state index in [1.165, 1.54) is 0 Å². The Morgan fingerprint density at radius 2 is 1.73 bits per heavy atom. The number of ketones is 3. The maximum Gasteiger partial charge on any atom is 0.303 e. The molecule has 4 rings (SSSR count). The topological polar surface area (TPSA) is 109 Å². The first-order chi connectivity index (χ1) is 15.1. The minimum Gasteiger partial charge on any atom is -0.481 e. The van der Waals surface area contributed by atoms with Crippen LogP contribution in [0.2, 0.25) is 0 Å². The largest absolute Gasteiger partial charge is 0.481 e. The number of aliphatic hydroxyl groups is 1. The van der Waals surface area contributed by atoms with Crippen LogP contribution < -0.4 is 0 Å². The zero-order chi connectivity index (χ0) is 24.7. The van der Waals surface area contributed by atoms with Gasteiger partial charge in [0.25, 0.3) is 0 Å². The number of rotatable bonds is 4. The van der Waals surface area contributed by atoms with Crippen LogP contribution in [0, 0.1) is 51.2 Å². The summed E-state index contributed by atoms with van der Waals surface area (Å²) in [7, 11) is 0. The summed E-state index contributed by atoms with van der Waals surface area (Å²) in [5.41, 5.74) is -2.47. The Labute approximate surface area is 196 Å². The van der Waals surface area contributed by atoms with Crippen LogP contribution in [0.3, 0.4) is 0 Å². The van der Waals surface area contributed by atoms with E-state index >= 15 is 0 Å². The van der Waals surface area contributed by atoms with Gasteiger partial charge in [0, 0.05) is 48.3 Å². The van der Waals surface area contributed by atoms with Crippen molar-refractivity contribution in [2.45, 2.75) is 92.6 Å². The molecule has 4 aliphatic rings. The highest BCUT2D eigenvalue weighted by Crippen LogP contribution is 2.72. The van der Waals surface area contributed by atoms with Gasteiger partial charge in [-0.05, 0) is 47.8 Å². The maximum atomic E-state index is 14.0. The van der Waals surface area contributed by atoms with Crippen LogP contribution in [0.1, 0.15) is 86.5 Å². The zero-order valence-corrected chi connectivity index (χ0v) is 20.9. The number of hydrogen-bond acceptors (Lipinski definition) is 5. The summed E-state index contributed by atoms with van der Waals surface area (Å²) in [5.74, 6) is -1.52. The number of carboxylic acids is 1. The normalized spacial score (nSPS) is 47.5. The smallest absolute Gasteiger partial charge is 0.303 e. The third-order valence-electron chi connectivity index (χ3n) is 11.3. The highest BCUT2D eigenvalue weighted by molar-refractivity contribution is 5.95. The van der Waals surface area contributed by atoms with Gasteiger partial charge in [-0.1, -0.05) is 41.5 Å². The van der Waals surface area contributed by atoms with E-state index in [-0.39, 0.29) is 47.9 Å². The van der Waals surface area contributed by atoms with Gasteiger partial charge >= 0.3 is 5.97 Å². The Kier molecular flexibility index (Phi) is 5.56. The second-order valence-corrected chi connectivity index (χ2v) is 12.9. The SMILES string of the molecule is C[C@H](CCC(=O)O)[C@H]1CC(=O)[C@@]2(C)[C@@H]3C(O)C[C@H]4C(C)(C)C(=O)CC[C@]4(C)[C@H]3C(=O)C[C@]12C. The molecular formula is C27H40O6. The van der Waals surface area contributed by atoms with E-state index in [0.29, 0.717) is 32.1 Å². The molecule has 2 N–H and O–H groups in total. The second kappa shape index (κ2) is 7.47. The van der Waals surface area contributed by atoms with E-state index in [2.05, 4.69) is 6.92 Å². The number of aliphatic hydroxyl groups excluding tert-OH is 1. The number of hydrogen-bond donors (Lipinski definition) is 2. The van der Waals surface area contributed by atoms with E-state index in [0.717, 1.165) is 0 Å². The number of Topliss-reactive ketones (excluding diaryl/α,β-unsaturated/α-hetero) is 3. The van der Waals surface area contributed by atoms with Crippen molar-refractivity contribution in [2.24, 2.45) is 51.2 Å². The standard InChI is InChI=1S/C27H40O6/c1-14(7-8-21(32)33)15-11-20(31)27(6)23-16(28)12-18-24(2,3)19(30)9-10-25(18,4)22(23)17(29)13-26(15,27)5/h14-16,18,22-23,28H,7-13H2,1-6H3,(H,32,33)/t14-,15-,16?,18+,22+,23-,25+,26-,27+/m1/s1. The molecule has 0 heterocycles. The van der Waals surface area contributed by atoms with Gasteiger partial charge in [-0.15, -0.1) is 0 Å². The maximum absolute atomic E-state index is 14.0. The van der Waals surface area contributed by atoms with Crippen molar-refractivity contribution in [1.82, 2.24) is 0 Å². The lowest BCUT2D eigenvalue weighted by Gasteiger charge is -2.66. The minimum absolute atomic E-state index is 0.00321. The summed E-state index contributed by atoms with van der Waals surface area (Å²) in [6.45, 7) is 12.0. The van der Waals surface area contributed by atoms with E-state index in [1.54, 1.807) is 0 Å². The van der Waals surface area contributed by atoms with Crippen molar-refractivity contribution < 1.29 is 29.4 Å². The molecule has 0 amide bonds. The summed E-state index contributed by atoms with van der Waals surface area (Å²) in [4.78, 5) is 51.6. The Hall–Kier alpha value is -1.56. The summed E-state index contributed by atoms with van der Waals surface area (Å²) in [6.07, 6.45) is 1.81. The lowest BCUT2D eigenvalue weighted by molar-refractivity contribution is -0.211. The van der Waals surface area contributed by atoms with Crippen LogP contribution in [-0.4, -0.2) is 39.6 Å². The number of carbonyl (C=O) groups is 4. The fourth-order valence-electron chi connectivity index (χ4n) is 9.22. The molecule has 4 fully saturated rings. The lowest BCUT2D eigenvalue weighted by atomic mass is 9.37. The Balaban J connectivity index is 1.77. The van der Waals surface area contributed by atoms with E-state index in [4.69, 9.17) is 5.11 Å². The molecule has 0 bridgehead atoms. The minimum atomic E-state index is -0.852. The molecule has 0 radical (unpaired) electrons. The van der Waals surface area contributed by atoms with Gasteiger partial charge in [0.1, 0.15) is 17.3 Å². The van der Waals surface area contributed by atoms with Gasteiger partial charge in [-0.2, -0.15) is 0 Å². The quantitative estimate of drug-likeness (QED) is 0.655. The molecule has 184 valence electrons. The van der Waals surface area contributed by atoms with Crippen molar-refractivity contribution in [3.05, 3.63) is 0 Å². The van der Waals surface area contributed by atoms with Gasteiger partial charge in [0.2, 0.25) is 0 Å². The van der Waals surface area contributed by atoms with E-state index in [1.807, 2.05) is 34.6 Å². The average Bonchev–Trinajstić information content (AvgIpc) is 2.92. The van der Waals surface area contributed by atoms with Crippen LogP contribution in [0.4, 0.5) is 0 Å². The monoisotopic (exact) mass is 460 g/mol. The average molecular weight is 461 g/mol. The molecule has 0 saturated heterocycles. The van der Waals surface area contributed by atoms with E-state index in [9.17, 15) is 24.3 Å². The van der Waals surface area contributed by atoms with Gasteiger partial charge < -0.3 is 10.2 Å². The van der Waals surface area contributed by atoms with Crippen LogP contribution in [-0.2, 0) is 19.2 Å². The molecule has 4 aliphatic carbocycles. The van der Waals surface area contributed by atoms with Crippen molar-refractivity contribution >= 4 is 23.3 Å². The van der Waals surface area contributed by atoms with Crippen LogP contribution in [0.15, 0.2) is 0 Å². The van der Waals surface area contributed by atoms with Crippen molar-refractivity contribution in [3.8, 4) is 0 Å². The molecule has 0 aliphatic heterocycles. The summed E-state index contributed by atoms with van der Waals surface area (Å²) in [5, 5.41) is 20.7. The van der Waals surface area contributed by atoms with Crippen molar-refractivity contribution in [1.29, 1.82) is 0 Å². The molecule has 0 spiro atoms. The van der Waals surface area contributed by atoms with Crippen molar-refractivity contribution in [2.75, 3.05) is 0 Å². The molecule has 6 heteroatoms. The second-order valence-electron chi connectivity index (χ2n) is 12.9. The molecule has 4 saturated carbocycles. The highest BCUT2D eigenvalue weighted by atomic mass is 16.4. The summed E-state index contributed by atoms with van der Waals surface area (Å²) in [6, 6.07) is 0. The van der Waals surface area contributed by atoms with Gasteiger partial charge in [-0.25, -0.2) is 0 Å². The fraction of sp³-hybridized carbons (Fsp3) is 0.852. The van der Waals surface area contributed by atoms with Gasteiger partial charge in [-0.3, -0.25) is 19.2 Å². The molecule has 9 atom stereocenters. The highest BCUT2D eigenvalue weighted by Gasteiger charge is 2.74. The molecule has 6 nitrogen and oxygen atoms in total. The van der Waals surface area contributed by atoms with Crippen LogP contribution >= 0.6 is 0 Å². The Morgan fingerprint density at radius 1 is 1.09 bits per heavy atom. The molecule has 1 unspecified atom stereocenters. The fourth-order valence-corrected chi connectivity index (χ4v) is 9.22. The predicted octanol–water partition coefficient (Wildman–Crippen LogP) is 4.07. The van der Waals surface area contributed by atoms with Gasteiger partial charge in [0.05, 0.1) is 6.10 Å². The first-order valence-electron chi connectivity index (χ1n) is 12.6. The predicted molar refractivity (Wildman–Crippen MR) is 122 cm³/mol. The molecule has 0 aromatic carbocycles. The lowest BCUT2D eigenvalue weighted by Crippen LogP contribution is -2.68. The van der Waals surface area contributed by atoms with E-state index < -0.39 is 45.6 Å². The van der Waals surface area contributed by atoms with Crippen LogP contribution in [0.25, 0.3) is 0 Å². The van der Waals surface area contributed by atoms with Crippen molar-refractivity contribution in [3.63, 3.8) is 0 Å². The first-order valence-corrected chi connectivity index (χ1v) is 12.6. The zero-order valence-electron chi connectivity index (χ0n) is 20.9. The third kappa shape index (κ3) is 3.08. The summed E-state index contributed by atoms with van der Waals surface area (Å²) < 4.78 is 0. The molecule has 0 aromatic heterocycles. The third-order valence-corrected chi connectivity index (χ3v) is 11.3. The molecular weight excluding hydrogens is 420 g/mol. The first kappa shape index (κ1) is 24.6. The number of carbonyl (C=O) groups excluding carboxylic acids is 3. The molecule has 33 heavy (non-hydrogen) atoms. The van der Waals surface area contributed by atoms with Crippen LogP contribution in [0.5, 0.6) is 0 Å². The molecule has 0 aromatic rings. The van der Waals surface area contributed by atoms with Gasteiger partial charge in [0.15, 0.2) is 0 Å². The number of fused-ring (bicyclic) bond motifs is 5. The Bertz CT molecular complexity index is 906.